The van der Waals surface area contributed by atoms with Crippen LogP contribution in [-0.2, 0) is 4.74 Å². The van der Waals surface area contributed by atoms with Crippen LogP contribution in [0.1, 0.15) is 44.4 Å². The van der Waals surface area contributed by atoms with Crippen molar-refractivity contribution in [3.8, 4) is 0 Å². The average Bonchev–Trinajstić information content (AvgIpc) is 3.28. The molecule has 4 nitrogen and oxygen atoms in total. The molecular formula is C17H20F2N2O2S2. The number of amidine groups is 1. The number of halogens is 2. The normalized spacial score (nSPS) is 25.0. The molecule has 3 rings (SSSR count). The van der Waals surface area contributed by atoms with Crippen LogP contribution in [0.3, 0.4) is 0 Å². The van der Waals surface area contributed by atoms with Crippen molar-refractivity contribution in [2.75, 3.05) is 0 Å². The topological polar surface area (TPSA) is 41.9 Å². The summed E-state index contributed by atoms with van der Waals surface area (Å²) in [6, 6.07) is 4.80. The summed E-state index contributed by atoms with van der Waals surface area (Å²) in [5, 5.41) is 0.445. The van der Waals surface area contributed by atoms with Crippen LogP contribution >= 0.6 is 24.1 Å². The molecule has 1 amide bonds. The second-order valence-corrected chi connectivity index (χ2v) is 8.94. The zero-order valence-electron chi connectivity index (χ0n) is 14.5. The van der Waals surface area contributed by atoms with E-state index in [4.69, 9.17) is 4.74 Å². The number of carbonyl (C=O) groups excluding carboxylic acids is 1. The molecule has 1 aromatic carbocycles. The fraction of sp³-hybridized carbons (Fsp3) is 0.529. The van der Waals surface area contributed by atoms with Gasteiger partial charge in [-0.2, -0.15) is 4.31 Å². The third-order valence-corrected chi connectivity index (χ3v) is 5.95. The predicted octanol–water partition coefficient (Wildman–Crippen LogP) is 5.44. The Bertz CT molecular complexity index is 721. The highest BCUT2D eigenvalue weighted by atomic mass is 32.2. The molecule has 136 valence electrons. The summed E-state index contributed by atoms with van der Waals surface area (Å²) in [6.07, 6.45) is 0.0586. The fourth-order valence-electron chi connectivity index (χ4n) is 2.78. The van der Waals surface area contributed by atoms with Crippen LogP contribution in [0, 0.1) is 18.7 Å². The van der Waals surface area contributed by atoms with E-state index < -0.39 is 17.7 Å². The van der Waals surface area contributed by atoms with E-state index in [9.17, 15) is 13.1 Å². The Hall–Kier alpha value is -1.28. The molecule has 25 heavy (non-hydrogen) atoms. The maximum absolute atomic E-state index is 14.5. The first-order valence-corrected chi connectivity index (χ1v) is 9.58. The van der Waals surface area contributed by atoms with Crippen molar-refractivity contribution in [2.45, 2.75) is 51.0 Å². The number of benzene rings is 1. The number of fused-ring (bicyclic) bond motifs is 1. The van der Waals surface area contributed by atoms with Crippen molar-refractivity contribution in [3.05, 3.63) is 35.1 Å². The first-order valence-electron chi connectivity index (χ1n) is 8.02. The summed E-state index contributed by atoms with van der Waals surface area (Å²) in [5.41, 5.74) is 0.307. The summed E-state index contributed by atoms with van der Waals surface area (Å²) in [6.45, 7) is 6.84. The van der Waals surface area contributed by atoms with Crippen molar-refractivity contribution >= 4 is 35.4 Å². The molecule has 2 aliphatic rings. The summed E-state index contributed by atoms with van der Waals surface area (Å²) in [4.78, 5) is 16.8. The number of aryl methyl sites for hydroxylation is 1. The van der Waals surface area contributed by atoms with E-state index in [1.54, 1.807) is 45.9 Å². The molecule has 3 unspecified atom stereocenters. The molecule has 0 spiro atoms. The van der Waals surface area contributed by atoms with Crippen LogP contribution in [0.2, 0.25) is 0 Å². The molecule has 1 saturated carbocycles. The van der Waals surface area contributed by atoms with Crippen LogP contribution in [0.5, 0.6) is 0 Å². The minimum Gasteiger partial charge on any atom is -0.443 e. The first-order chi connectivity index (χ1) is 11.7. The van der Waals surface area contributed by atoms with Crippen molar-refractivity contribution in [1.82, 2.24) is 4.31 Å². The third-order valence-electron chi connectivity index (χ3n) is 4.03. The van der Waals surface area contributed by atoms with Crippen LogP contribution in [0.15, 0.2) is 23.2 Å². The van der Waals surface area contributed by atoms with Gasteiger partial charge in [0.2, 0.25) is 0 Å². The predicted molar refractivity (Wildman–Crippen MR) is 97.6 cm³/mol. The molecule has 1 aliphatic heterocycles. The highest BCUT2D eigenvalue weighted by Gasteiger charge is 2.50. The first kappa shape index (κ1) is 18.5. The van der Waals surface area contributed by atoms with Gasteiger partial charge in [0.05, 0.1) is 6.04 Å². The lowest BCUT2D eigenvalue weighted by molar-refractivity contribution is 0.0473. The molecule has 0 saturated heterocycles. The van der Waals surface area contributed by atoms with Crippen molar-refractivity contribution in [1.29, 1.82) is 0 Å². The van der Waals surface area contributed by atoms with Crippen molar-refractivity contribution < 1.29 is 17.8 Å². The van der Waals surface area contributed by atoms with Gasteiger partial charge in [0, 0.05) is 10.8 Å². The Morgan fingerprint density at radius 3 is 2.80 bits per heavy atom. The standard InChI is InChI=1S/C17H20F2N2O2S2/c1-9-6-5-7-10(13(9)18)14-11-8-12(11)24-15(20-14)21(25-19)16(22)23-17(2,3)4/h5-7,11-12,14H,8H2,1-4H3. The van der Waals surface area contributed by atoms with Gasteiger partial charge in [-0.3, -0.25) is 4.99 Å². The summed E-state index contributed by atoms with van der Waals surface area (Å²) < 4.78 is 34.0. The summed E-state index contributed by atoms with van der Waals surface area (Å²) in [5.74, 6) is -0.0694. The Labute approximate surface area is 154 Å². The molecule has 0 N–H and O–H groups in total. The Morgan fingerprint density at radius 1 is 1.44 bits per heavy atom. The van der Waals surface area contributed by atoms with E-state index in [2.05, 4.69) is 4.99 Å². The molecule has 1 aliphatic carbocycles. The second kappa shape index (κ2) is 6.79. The largest absolute Gasteiger partial charge is 0.443 e. The van der Waals surface area contributed by atoms with E-state index >= 15 is 0 Å². The lowest BCUT2D eigenvalue weighted by atomic mass is 10.00. The van der Waals surface area contributed by atoms with Gasteiger partial charge in [-0.1, -0.05) is 30.0 Å². The maximum Gasteiger partial charge on any atom is 0.428 e. The smallest absolute Gasteiger partial charge is 0.428 e. The Morgan fingerprint density at radius 2 is 2.16 bits per heavy atom. The lowest BCUT2D eigenvalue weighted by Gasteiger charge is -2.27. The van der Waals surface area contributed by atoms with E-state index in [0.29, 0.717) is 11.1 Å². The van der Waals surface area contributed by atoms with E-state index in [0.717, 1.165) is 10.7 Å². The van der Waals surface area contributed by atoms with Gasteiger partial charge in [0.15, 0.2) is 17.5 Å². The van der Waals surface area contributed by atoms with Gasteiger partial charge in [-0.15, -0.1) is 3.89 Å². The Kier molecular flexibility index (Phi) is 5.03. The molecule has 0 bridgehead atoms. The molecule has 1 fully saturated rings. The Balaban J connectivity index is 1.90. The van der Waals surface area contributed by atoms with Crippen LogP contribution in [0.25, 0.3) is 0 Å². The van der Waals surface area contributed by atoms with E-state index in [1.165, 1.54) is 11.8 Å². The summed E-state index contributed by atoms with van der Waals surface area (Å²) >= 11 is 1.11. The van der Waals surface area contributed by atoms with Crippen molar-refractivity contribution in [2.24, 2.45) is 10.9 Å². The average molecular weight is 386 g/mol. The SMILES string of the molecule is Cc1cccc(C2N=C(N(SF)C(=O)OC(C)(C)C)SC3CC32)c1F. The van der Waals surface area contributed by atoms with Gasteiger partial charge in [-0.25, -0.2) is 9.18 Å². The zero-order valence-corrected chi connectivity index (χ0v) is 16.1. The van der Waals surface area contributed by atoms with Crippen LogP contribution in [-0.4, -0.2) is 26.4 Å². The number of thioether (sulfide) groups is 1. The van der Waals surface area contributed by atoms with E-state index in [1.807, 2.05) is 0 Å². The van der Waals surface area contributed by atoms with Gasteiger partial charge in [-0.05, 0) is 45.6 Å². The molecule has 1 aromatic rings. The zero-order chi connectivity index (χ0) is 18.4. The highest BCUT2D eigenvalue weighted by Crippen LogP contribution is 2.55. The number of hydrogen-bond donors (Lipinski definition) is 0. The monoisotopic (exact) mass is 386 g/mol. The quantitative estimate of drug-likeness (QED) is 0.635. The highest BCUT2D eigenvalue weighted by molar-refractivity contribution is 8.15. The number of aliphatic imine (C=N–C) groups is 1. The summed E-state index contributed by atoms with van der Waals surface area (Å²) in [7, 11) is 0. The minimum atomic E-state index is -0.811. The molecule has 0 radical (unpaired) electrons. The molecular weight excluding hydrogens is 366 g/mol. The lowest BCUT2D eigenvalue weighted by Crippen LogP contribution is -2.36. The molecule has 1 heterocycles. The third kappa shape index (κ3) is 3.95. The minimum absolute atomic E-state index is 0.217. The number of amides is 1. The number of hydrogen-bond acceptors (Lipinski definition) is 5. The van der Waals surface area contributed by atoms with Crippen LogP contribution < -0.4 is 0 Å². The van der Waals surface area contributed by atoms with Crippen LogP contribution in [0.4, 0.5) is 13.1 Å². The van der Waals surface area contributed by atoms with Gasteiger partial charge in [0.25, 0.3) is 0 Å². The van der Waals surface area contributed by atoms with E-state index in [-0.39, 0.29) is 34.5 Å². The van der Waals surface area contributed by atoms with Gasteiger partial charge < -0.3 is 4.74 Å². The second-order valence-electron chi connectivity index (χ2n) is 7.23. The number of carbonyl (C=O) groups is 1. The van der Waals surface area contributed by atoms with Crippen molar-refractivity contribution in [3.63, 3.8) is 0 Å². The van der Waals surface area contributed by atoms with Gasteiger partial charge in [0.1, 0.15) is 11.4 Å². The fourth-order valence-corrected chi connectivity index (χ4v) is 4.45. The maximum atomic E-state index is 14.5. The number of ether oxygens (including phenoxy) is 1. The number of rotatable bonds is 2. The van der Waals surface area contributed by atoms with Gasteiger partial charge >= 0.3 is 6.09 Å². The number of nitrogens with zero attached hydrogens (tertiary/aromatic N) is 2. The molecule has 0 aromatic heterocycles. The molecule has 3 atom stereocenters. The molecule has 8 heteroatoms.